The van der Waals surface area contributed by atoms with Crippen LogP contribution in [0, 0.1) is 0 Å². The number of aliphatic imine (C=N–C) groups is 1. The topological polar surface area (TPSA) is 58.1 Å². The average molecular weight is 255 g/mol. The molecule has 1 aliphatic carbocycles. The first-order chi connectivity index (χ1) is 9.14. The molecule has 3 rings (SSSR count). The van der Waals surface area contributed by atoms with E-state index in [0.717, 1.165) is 41.7 Å². The number of imidazole rings is 1. The molecule has 1 fully saturated rings. The largest absolute Gasteiger partial charge is 0.342 e. The molecular formula is C15H17N3O. The summed E-state index contributed by atoms with van der Waals surface area (Å²) in [6, 6.07) is 6.12. The van der Waals surface area contributed by atoms with Crippen LogP contribution in [0.5, 0.6) is 0 Å². The highest BCUT2D eigenvalue weighted by atomic mass is 16.1. The SMILES string of the molecule is CC(C)c1nc2ccc(C3(N=C=O)CCC3)cc2[nH]1. The number of aromatic amines is 1. The molecule has 1 aromatic carbocycles. The minimum Gasteiger partial charge on any atom is -0.342 e. The van der Waals surface area contributed by atoms with Crippen molar-refractivity contribution in [2.75, 3.05) is 0 Å². The molecule has 2 aromatic rings. The fourth-order valence-corrected chi connectivity index (χ4v) is 2.66. The summed E-state index contributed by atoms with van der Waals surface area (Å²) in [5.41, 5.74) is 2.75. The molecule has 0 aliphatic heterocycles. The van der Waals surface area contributed by atoms with Crippen LogP contribution in [0.3, 0.4) is 0 Å². The van der Waals surface area contributed by atoms with Crippen LogP contribution in [0.2, 0.25) is 0 Å². The summed E-state index contributed by atoms with van der Waals surface area (Å²) in [6.07, 6.45) is 4.70. The smallest absolute Gasteiger partial charge is 0.235 e. The fraction of sp³-hybridized carbons (Fsp3) is 0.467. The lowest BCUT2D eigenvalue weighted by Gasteiger charge is -2.37. The predicted octanol–water partition coefficient (Wildman–Crippen LogP) is 3.40. The second-order valence-corrected chi connectivity index (χ2v) is 5.60. The van der Waals surface area contributed by atoms with Gasteiger partial charge in [-0.05, 0) is 37.0 Å². The van der Waals surface area contributed by atoms with Crippen LogP contribution in [0.1, 0.15) is 50.4 Å². The molecule has 19 heavy (non-hydrogen) atoms. The van der Waals surface area contributed by atoms with Crippen molar-refractivity contribution in [3.05, 3.63) is 29.6 Å². The van der Waals surface area contributed by atoms with E-state index >= 15 is 0 Å². The Balaban J connectivity index is 2.08. The van der Waals surface area contributed by atoms with E-state index in [1.807, 2.05) is 12.1 Å². The van der Waals surface area contributed by atoms with Crippen molar-refractivity contribution in [1.82, 2.24) is 9.97 Å². The number of benzene rings is 1. The zero-order valence-corrected chi connectivity index (χ0v) is 11.2. The van der Waals surface area contributed by atoms with Crippen LogP contribution in [-0.4, -0.2) is 16.0 Å². The molecule has 4 nitrogen and oxygen atoms in total. The summed E-state index contributed by atoms with van der Waals surface area (Å²) in [5.74, 6) is 1.37. The monoisotopic (exact) mass is 255 g/mol. The predicted molar refractivity (Wildman–Crippen MR) is 73.8 cm³/mol. The Kier molecular flexibility index (Phi) is 2.76. The summed E-state index contributed by atoms with van der Waals surface area (Å²) in [4.78, 5) is 22.6. The van der Waals surface area contributed by atoms with Gasteiger partial charge in [-0.2, -0.15) is 4.99 Å². The lowest BCUT2D eigenvalue weighted by molar-refractivity contribution is 0.256. The van der Waals surface area contributed by atoms with Crippen LogP contribution in [0.15, 0.2) is 23.2 Å². The number of hydrogen-bond acceptors (Lipinski definition) is 3. The Labute approximate surface area is 112 Å². The highest BCUT2D eigenvalue weighted by Crippen LogP contribution is 2.45. The number of aromatic nitrogens is 2. The molecule has 1 saturated carbocycles. The number of rotatable bonds is 3. The summed E-state index contributed by atoms with van der Waals surface area (Å²) >= 11 is 0. The normalized spacial score (nSPS) is 17.2. The number of nitrogens with one attached hydrogen (secondary N) is 1. The van der Waals surface area contributed by atoms with Gasteiger partial charge in [-0.15, -0.1) is 0 Å². The molecule has 1 aliphatic rings. The van der Waals surface area contributed by atoms with Crippen molar-refractivity contribution in [1.29, 1.82) is 0 Å². The zero-order chi connectivity index (χ0) is 13.5. The molecule has 4 heteroatoms. The average Bonchev–Trinajstić information content (AvgIpc) is 2.76. The standard InChI is InChI=1S/C15H17N3O/c1-10(2)14-17-12-5-4-11(8-13(12)18-14)15(16-9-19)6-3-7-15/h4-5,8,10H,3,6-7H2,1-2H3,(H,17,18). The van der Waals surface area contributed by atoms with E-state index in [4.69, 9.17) is 0 Å². The van der Waals surface area contributed by atoms with Crippen LogP contribution in [0.4, 0.5) is 0 Å². The Morgan fingerprint density at radius 2 is 2.21 bits per heavy atom. The molecule has 1 aromatic heterocycles. The van der Waals surface area contributed by atoms with Gasteiger partial charge in [0.1, 0.15) is 5.82 Å². The minimum atomic E-state index is -0.334. The highest BCUT2D eigenvalue weighted by Gasteiger charge is 2.39. The molecule has 98 valence electrons. The molecule has 1 N–H and O–H groups in total. The van der Waals surface area contributed by atoms with Gasteiger partial charge in [-0.3, -0.25) is 0 Å². The van der Waals surface area contributed by atoms with Gasteiger partial charge in [0.25, 0.3) is 0 Å². The number of fused-ring (bicyclic) bond motifs is 1. The number of isocyanates is 1. The Hall–Kier alpha value is -1.93. The summed E-state index contributed by atoms with van der Waals surface area (Å²) < 4.78 is 0. The second-order valence-electron chi connectivity index (χ2n) is 5.60. The van der Waals surface area contributed by atoms with E-state index in [0.29, 0.717) is 5.92 Å². The van der Waals surface area contributed by atoms with Gasteiger partial charge in [-0.1, -0.05) is 19.9 Å². The van der Waals surface area contributed by atoms with E-state index in [2.05, 4.69) is 34.9 Å². The Bertz CT molecular complexity index is 661. The third-order valence-electron chi connectivity index (χ3n) is 4.02. The zero-order valence-electron chi connectivity index (χ0n) is 11.2. The minimum absolute atomic E-state index is 0.334. The maximum atomic E-state index is 10.6. The summed E-state index contributed by atoms with van der Waals surface area (Å²) in [6.45, 7) is 4.23. The summed E-state index contributed by atoms with van der Waals surface area (Å²) in [5, 5.41) is 0. The van der Waals surface area contributed by atoms with E-state index < -0.39 is 0 Å². The first kappa shape index (κ1) is 12.1. The van der Waals surface area contributed by atoms with Gasteiger partial charge >= 0.3 is 0 Å². The van der Waals surface area contributed by atoms with Gasteiger partial charge in [0.05, 0.1) is 16.6 Å². The van der Waals surface area contributed by atoms with Crippen molar-refractivity contribution in [2.45, 2.75) is 44.6 Å². The van der Waals surface area contributed by atoms with Crippen LogP contribution in [0.25, 0.3) is 11.0 Å². The van der Waals surface area contributed by atoms with Crippen molar-refractivity contribution in [2.24, 2.45) is 4.99 Å². The lowest BCUT2D eigenvalue weighted by Crippen LogP contribution is -2.31. The molecule has 0 amide bonds. The lowest BCUT2D eigenvalue weighted by atomic mass is 9.72. The molecule has 0 atom stereocenters. The van der Waals surface area contributed by atoms with Crippen LogP contribution < -0.4 is 0 Å². The maximum absolute atomic E-state index is 10.6. The van der Waals surface area contributed by atoms with Crippen molar-refractivity contribution < 1.29 is 4.79 Å². The molecule has 0 unspecified atom stereocenters. The van der Waals surface area contributed by atoms with E-state index in [1.165, 1.54) is 0 Å². The van der Waals surface area contributed by atoms with Gasteiger partial charge in [-0.25, -0.2) is 9.78 Å². The first-order valence-electron chi connectivity index (χ1n) is 6.74. The molecule has 0 saturated heterocycles. The van der Waals surface area contributed by atoms with Crippen LogP contribution in [-0.2, 0) is 10.3 Å². The molecule has 0 spiro atoms. The van der Waals surface area contributed by atoms with Crippen molar-refractivity contribution in [3.8, 4) is 0 Å². The maximum Gasteiger partial charge on any atom is 0.235 e. The molecular weight excluding hydrogens is 238 g/mol. The van der Waals surface area contributed by atoms with Crippen LogP contribution >= 0.6 is 0 Å². The first-order valence-corrected chi connectivity index (χ1v) is 6.74. The van der Waals surface area contributed by atoms with E-state index in [9.17, 15) is 4.79 Å². The second kappa shape index (κ2) is 4.32. The molecule has 0 radical (unpaired) electrons. The van der Waals surface area contributed by atoms with Gasteiger partial charge in [0, 0.05) is 5.92 Å². The van der Waals surface area contributed by atoms with E-state index in [-0.39, 0.29) is 5.54 Å². The highest BCUT2D eigenvalue weighted by molar-refractivity contribution is 5.76. The Morgan fingerprint density at radius 3 is 2.79 bits per heavy atom. The number of hydrogen-bond donors (Lipinski definition) is 1. The summed E-state index contributed by atoms with van der Waals surface area (Å²) in [7, 11) is 0. The number of nitrogens with zero attached hydrogens (tertiary/aromatic N) is 2. The quantitative estimate of drug-likeness (QED) is 0.675. The third-order valence-corrected chi connectivity index (χ3v) is 4.02. The van der Waals surface area contributed by atoms with Gasteiger partial charge in [0.15, 0.2) is 0 Å². The van der Waals surface area contributed by atoms with E-state index in [1.54, 1.807) is 6.08 Å². The van der Waals surface area contributed by atoms with Gasteiger partial charge < -0.3 is 4.98 Å². The number of carbonyl (C=O) groups excluding carboxylic acids is 1. The third kappa shape index (κ3) is 1.89. The molecule has 1 heterocycles. The number of H-pyrrole nitrogens is 1. The van der Waals surface area contributed by atoms with Crippen molar-refractivity contribution >= 4 is 17.1 Å². The Morgan fingerprint density at radius 1 is 1.42 bits per heavy atom. The fourth-order valence-electron chi connectivity index (χ4n) is 2.66. The van der Waals surface area contributed by atoms with Gasteiger partial charge in [0.2, 0.25) is 6.08 Å². The van der Waals surface area contributed by atoms with Crippen molar-refractivity contribution in [3.63, 3.8) is 0 Å². The molecule has 0 bridgehead atoms.